The summed E-state index contributed by atoms with van der Waals surface area (Å²) in [6.45, 7) is 5.56. The first kappa shape index (κ1) is 15.2. The molecule has 1 aromatic rings. The smallest absolute Gasteiger partial charge is 0.253 e. The largest absolute Gasteiger partial charge is 0.377 e. The number of piperazine rings is 1. The third-order valence-electron chi connectivity index (χ3n) is 5.49. The Kier molecular flexibility index (Phi) is 4.36. The Morgan fingerprint density at radius 3 is 2.70 bits per heavy atom. The van der Waals surface area contributed by atoms with Crippen LogP contribution in [0.5, 0.6) is 0 Å². The summed E-state index contributed by atoms with van der Waals surface area (Å²) < 4.78 is 5.72. The fourth-order valence-corrected chi connectivity index (χ4v) is 4.10. The Hall–Kier alpha value is -1.39. The number of carbonyl (C=O) groups is 1. The molecule has 1 atom stereocenters. The van der Waals surface area contributed by atoms with Crippen LogP contribution in [-0.2, 0) is 17.6 Å². The third-order valence-corrected chi connectivity index (χ3v) is 5.49. The summed E-state index contributed by atoms with van der Waals surface area (Å²) >= 11 is 0. The van der Waals surface area contributed by atoms with Crippen LogP contribution in [0.2, 0.25) is 0 Å². The molecule has 0 saturated carbocycles. The summed E-state index contributed by atoms with van der Waals surface area (Å²) in [7, 11) is 0. The highest BCUT2D eigenvalue weighted by Crippen LogP contribution is 2.23. The molecule has 1 aromatic carbocycles. The number of hydrogen-bond acceptors (Lipinski definition) is 3. The molecule has 0 bridgehead atoms. The number of fused-ring (bicyclic) bond motifs is 1. The van der Waals surface area contributed by atoms with Crippen molar-refractivity contribution in [2.45, 2.75) is 38.2 Å². The van der Waals surface area contributed by atoms with Crippen LogP contribution in [0.25, 0.3) is 0 Å². The van der Waals surface area contributed by atoms with E-state index in [4.69, 9.17) is 4.74 Å². The molecule has 1 amide bonds. The van der Waals surface area contributed by atoms with Gasteiger partial charge in [-0.1, -0.05) is 6.07 Å². The lowest BCUT2D eigenvalue weighted by atomic mass is 10.1. The lowest BCUT2D eigenvalue weighted by Crippen LogP contribution is -2.50. The number of amides is 1. The zero-order valence-electron chi connectivity index (χ0n) is 13.8. The molecule has 0 N–H and O–H groups in total. The minimum atomic E-state index is 0.205. The molecule has 0 radical (unpaired) electrons. The van der Waals surface area contributed by atoms with Crippen LogP contribution in [0.15, 0.2) is 18.2 Å². The first-order valence-electron chi connectivity index (χ1n) is 9.04. The highest BCUT2D eigenvalue weighted by molar-refractivity contribution is 5.94. The highest BCUT2D eigenvalue weighted by atomic mass is 16.5. The van der Waals surface area contributed by atoms with E-state index in [1.54, 1.807) is 0 Å². The maximum Gasteiger partial charge on any atom is 0.253 e. The van der Waals surface area contributed by atoms with E-state index in [2.05, 4.69) is 17.0 Å². The Labute approximate surface area is 138 Å². The molecular weight excluding hydrogens is 288 g/mol. The molecule has 2 saturated heterocycles. The van der Waals surface area contributed by atoms with Crippen LogP contribution >= 0.6 is 0 Å². The van der Waals surface area contributed by atoms with Crippen molar-refractivity contribution in [1.82, 2.24) is 9.80 Å². The predicted molar refractivity (Wildman–Crippen MR) is 89.8 cm³/mol. The van der Waals surface area contributed by atoms with Crippen LogP contribution in [0.1, 0.15) is 40.7 Å². The number of carbonyl (C=O) groups excluding carboxylic acids is 1. The lowest BCUT2D eigenvalue weighted by Gasteiger charge is -2.35. The molecule has 1 aliphatic carbocycles. The predicted octanol–water partition coefficient (Wildman–Crippen LogP) is 2.11. The van der Waals surface area contributed by atoms with Crippen molar-refractivity contribution < 1.29 is 9.53 Å². The van der Waals surface area contributed by atoms with Crippen molar-refractivity contribution in [1.29, 1.82) is 0 Å². The second-order valence-electron chi connectivity index (χ2n) is 7.06. The Morgan fingerprint density at radius 2 is 1.91 bits per heavy atom. The van der Waals surface area contributed by atoms with Crippen LogP contribution < -0.4 is 0 Å². The molecule has 2 heterocycles. The average molecular weight is 314 g/mol. The lowest BCUT2D eigenvalue weighted by molar-refractivity contribution is 0.0432. The molecular formula is C19H26N2O2. The van der Waals surface area contributed by atoms with Crippen LogP contribution in [0, 0.1) is 0 Å². The maximum absolute atomic E-state index is 12.7. The molecule has 0 spiro atoms. The van der Waals surface area contributed by atoms with Gasteiger partial charge in [0.2, 0.25) is 0 Å². The van der Waals surface area contributed by atoms with Gasteiger partial charge in [-0.2, -0.15) is 0 Å². The van der Waals surface area contributed by atoms with E-state index in [-0.39, 0.29) is 5.91 Å². The zero-order valence-corrected chi connectivity index (χ0v) is 13.8. The average Bonchev–Trinajstić information content (AvgIpc) is 3.25. The van der Waals surface area contributed by atoms with Crippen molar-refractivity contribution >= 4 is 5.91 Å². The number of nitrogens with zero attached hydrogens (tertiary/aromatic N) is 2. The van der Waals surface area contributed by atoms with E-state index in [9.17, 15) is 4.79 Å². The molecule has 2 aliphatic heterocycles. The SMILES string of the molecule is O=C(c1ccc2c(c1)CCC2)N1CCN(C[C@H]2CCCO2)CC1. The first-order valence-corrected chi connectivity index (χ1v) is 9.04. The van der Waals surface area contributed by atoms with Gasteiger partial charge in [-0.3, -0.25) is 9.69 Å². The summed E-state index contributed by atoms with van der Waals surface area (Å²) in [4.78, 5) is 17.2. The van der Waals surface area contributed by atoms with E-state index in [1.165, 1.54) is 36.8 Å². The van der Waals surface area contributed by atoms with Crippen molar-refractivity contribution in [3.8, 4) is 0 Å². The maximum atomic E-state index is 12.7. The molecule has 4 rings (SSSR count). The quantitative estimate of drug-likeness (QED) is 0.857. The van der Waals surface area contributed by atoms with Gasteiger partial charge in [-0.15, -0.1) is 0 Å². The van der Waals surface area contributed by atoms with Crippen LogP contribution in [-0.4, -0.2) is 61.1 Å². The summed E-state index contributed by atoms with van der Waals surface area (Å²) in [6.07, 6.45) is 6.33. The molecule has 23 heavy (non-hydrogen) atoms. The second-order valence-corrected chi connectivity index (χ2v) is 7.06. The molecule has 4 heteroatoms. The van der Waals surface area contributed by atoms with E-state index >= 15 is 0 Å². The molecule has 2 fully saturated rings. The van der Waals surface area contributed by atoms with Crippen molar-refractivity contribution in [2.24, 2.45) is 0 Å². The van der Waals surface area contributed by atoms with E-state index < -0.39 is 0 Å². The number of rotatable bonds is 3. The minimum absolute atomic E-state index is 0.205. The molecule has 0 aromatic heterocycles. The topological polar surface area (TPSA) is 32.8 Å². The fraction of sp³-hybridized carbons (Fsp3) is 0.632. The first-order chi connectivity index (χ1) is 11.3. The molecule has 0 unspecified atom stereocenters. The highest BCUT2D eigenvalue weighted by Gasteiger charge is 2.26. The van der Waals surface area contributed by atoms with E-state index in [1.807, 2.05) is 11.0 Å². The summed E-state index contributed by atoms with van der Waals surface area (Å²) in [6, 6.07) is 6.30. The monoisotopic (exact) mass is 314 g/mol. The fourth-order valence-electron chi connectivity index (χ4n) is 4.10. The van der Waals surface area contributed by atoms with Gasteiger partial charge in [-0.05, 0) is 55.4 Å². The standard InChI is InChI=1S/C19H26N2O2/c22-19(17-7-6-15-3-1-4-16(15)13-17)21-10-8-20(9-11-21)14-18-5-2-12-23-18/h6-7,13,18H,1-5,8-12,14H2/t18-/m1/s1. The van der Waals surface area contributed by atoms with Gasteiger partial charge in [0.25, 0.3) is 5.91 Å². The van der Waals surface area contributed by atoms with E-state index in [0.717, 1.165) is 51.3 Å². The van der Waals surface area contributed by atoms with Gasteiger partial charge in [0.1, 0.15) is 0 Å². The van der Waals surface area contributed by atoms with Gasteiger partial charge in [0.05, 0.1) is 6.10 Å². The molecule has 4 nitrogen and oxygen atoms in total. The van der Waals surface area contributed by atoms with Crippen LogP contribution in [0.4, 0.5) is 0 Å². The summed E-state index contributed by atoms with van der Waals surface area (Å²) in [5, 5.41) is 0. The zero-order chi connectivity index (χ0) is 15.6. The van der Waals surface area contributed by atoms with Crippen LogP contribution in [0.3, 0.4) is 0 Å². The van der Waals surface area contributed by atoms with Gasteiger partial charge < -0.3 is 9.64 Å². The van der Waals surface area contributed by atoms with Gasteiger partial charge in [0.15, 0.2) is 0 Å². The summed E-state index contributed by atoms with van der Waals surface area (Å²) in [5.41, 5.74) is 3.69. The Bertz CT molecular complexity index is 573. The van der Waals surface area contributed by atoms with E-state index in [0.29, 0.717) is 6.10 Å². The molecule has 124 valence electrons. The minimum Gasteiger partial charge on any atom is -0.377 e. The van der Waals surface area contributed by atoms with Gasteiger partial charge >= 0.3 is 0 Å². The van der Waals surface area contributed by atoms with Crippen molar-refractivity contribution in [2.75, 3.05) is 39.3 Å². The van der Waals surface area contributed by atoms with Crippen molar-refractivity contribution in [3.63, 3.8) is 0 Å². The normalized spacial score (nSPS) is 24.9. The number of hydrogen-bond donors (Lipinski definition) is 0. The second kappa shape index (κ2) is 6.62. The number of ether oxygens (including phenoxy) is 1. The Balaban J connectivity index is 1.33. The number of benzene rings is 1. The number of aryl methyl sites for hydroxylation is 2. The van der Waals surface area contributed by atoms with Gasteiger partial charge in [0, 0.05) is 44.9 Å². The van der Waals surface area contributed by atoms with Gasteiger partial charge in [-0.25, -0.2) is 0 Å². The Morgan fingerprint density at radius 1 is 1.09 bits per heavy atom. The molecule has 3 aliphatic rings. The third kappa shape index (κ3) is 3.29. The van der Waals surface area contributed by atoms with Crippen molar-refractivity contribution in [3.05, 3.63) is 34.9 Å². The summed E-state index contributed by atoms with van der Waals surface area (Å²) in [5.74, 6) is 0.205.